The van der Waals surface area contributed by atoms with Crippen LogP contribution in [0.4, 0.5) is 0 Å². The van der Waals surface area contributed by atoms with Crippen molar-refractivity contribution in [3.63, 3.8) is 0 Å². The minimum atomic E-state index is -3.02. The second-order valence-electron chi connectivity index (χ2n) is 7.61. The molecule has 1 aromatic rings. The molecule has 1 aliphatic carbocycles. The minimum Gasteiger partial charge on any atom is -0.492 e. The average molecular weight is 340 g/mol. The van der Waals surface area contributed by atoms with E-state index in [0.717, 1.165) is 12.8 Å². The van der Waals surface area contributed by atoms with Crippen molar-refractivity contribution in [2.24, 2.45) is 5.41 Å². The molecule has 1 aromatic carbocycles. The molecule has 0 radical (unpaired) electrons. The first kappa shape index (κ1) is 16.6. The molecule has 2 aliphatic rings. The van der Waals surface area contributed by atoms with Crippen molar-refractivity contribution in [1.82, 2.24) is 0 Å². The summed E-state index contributed by atoms with van der Waals surface area (Å²) in [6.07, 6.45) is 2.84. The number of fused-ring (bicyclic) bond motifs is 1. The zero-order valence-electron chi connectivity index (χ0n) is 13.8. The molecule has 5 nitrogen and oxygen atoms in total. The third kappa shape index (κ3) is 3.80. The van der Waals surface area contributed by atoms with E-state index in [2.05, 4.69) is 0 Å². The molecule has 6 heteroatoms. The highest BCUT2D eigenvalue weighted by molar-refractivity contribution is 7.90. The zero-order chi connectivity index (χ0) is 16.9. The fraction of sp³-hybridized carbons (Fsp3) is 0.647. The van der Waals surface area contributed by atoms with Gasteiger partial charge in [-0.25, -0.2) is 8.42 Å². The molecule has 1 fully saturated rings. The number of aliphatic hydroxyl groups excluding tert-OH is 1. The van der Waals surface area contributed by atoms with Crippen LogP contribution in [0.5, 0.6) is 11.5 Å². The Kier molecular flexibility index (Phi) is 3.88. The normalized spacial score (nSPS) is 24.4. The summed E-state index contributed by atoms with van der Waals surface area (Å²) in [5, 5.41) is 10.5. The Labute approximate surface area is 137 Å². The third-order valence-corrected chi connectivity index (χ3v) is 5.63. The Balaban J connectivity index is 1.78. The molecule has 0 spiro atoms. The Morgan fingerprint density at radius 1 is 1.35 bits per heavy atom. The molecule has 0 amide bonds. The molecule has 128 valence electrons. The lowest BCUT2D eigenvalue weighted by Gasteiger charge is -2.36. The summed E-state index contributed by atoms with van der Waals surface area (Å²) in [6, 6.07) is 5.47. The Morgan fingerprint density at radius 2 is 2.04 bits per heavy atom. The summed E-state index contributed by atoms with van der Waals surface area (Å²) < 4.78 is 34.9. The van der Waals surface area contributed by atoms with Gasteiger partial charge in [-0.3, -0.25) is 0 Å². The van der Waals surface area contributed by atoms with Crippen LogP contribution in [0.25, 0.3) is 0 Å². The number of sulfone groups is 1. The van der Waals surface area contributed by atoms with Gasteiger partial charge in [0.1, 0.15) is 26.9 Å². The summed E-state index contributed by atoms with van der Waals surface area (Å²) in [5.41, 5.74) is -0.0169. The minimum absolute atomic E-state index is 0.154. The quantitative estimate of drug-likeness (QED) is 0.891. The van der Waals surface area contributed by atoms with Crippen LogP contribution >= 0.6 is 0 Å². The molecule has 1 aliphatic heterocycles. The molecule has 0 aromatic heterocycles. The number of ether oxygens (including phenoxy) is 2. The van der Waals surface area contributed by atoms with E-state index < -0.39 is 21.5 Å². The molecule has 0 bridgehead atoms. The van der Waals surface area contributed by atoms with Crippen LogP contribution in [0.3, 0.4) is 0 Å². The van der Waals surface area contributed by atoms with Gasteiger partial charge in [-0.15, -0.1) is 0 Å². The van der Waals surface area contributed by atoms with E-state index in [4.69, 9.17) is 9.47 Å². The van der Waals surface area contributed by atoms with Crippen LogP contribution in [0.15, 0.2) is 18.2 Å². The predicted octanol–water partition coefficient (Wildman–Crippen LogP) is 2.48. The van der Waals surface area contributed by atoms with Crippen molar-refractivity contribution in [2.45, 2.75) is 44.8 Å². The first-order chi connectivity index (χ1) is 10.6. The van der Waals surface area contributed by atoms with E-state index in [1.807, 2.05) is 26.0 Å². The molecule has 1 N–H and O–H groups in total. The Morgan fingerprint density at radius 3 is 2.65 bits per heavy atom. The second-order valence-corrected chi connectivity index (χ2v) is 9.75. The molecular formula is C17H24O5S. The highest BCUT2D eigenvalue weighted by atomic mass is 32.2. The SMILES string of the molecule is CC1(C)CC(O)c2c(OCC3(CS(C)(=O)=O)CC3)cccc2O1. The van der Waals surface area contributed by atoms with E-state index in [1.54, 1.807) is 6.07 Å². The number of hydrogen-bond acceptors (Lipinski definition) is 5. The van der Waals surface area contributed by atoms with Crippen molar-refractivity contribution in [3.05, 3.63) is 23.8 Å². The largest absolute Gasteiger partial charge is 0.492 e. The van der Waals surface area contributed by atoms with Gasteiger partial charge in [0.15, 0.2) is 0 Å². The first-order valence-corrected chi connectivity index (χ1v) is 9.96. The maximum Gasteiger partial charge on any atom is 0.148 e. The van der Waals surface area contributed by atoms with Crippen molar-refractivity contribution in [1.29, 1.82) is 0 Å². The van der Waals surface area contributed by atoms with Gasteiger partial charge < -0.3 is 14.6 Å². The fourth-order valence-electron chi connectivity index (χ4n) is 3.27. The topological polar surface area (TPSA) is 72.8 Å². The van der Waals surface area contributed by atoms with Crippen LogP contribution in [0, 0.1) is 5.41 Å². The molecule has 1 unspecified atom stereocenters. The second kappa shape index (κ2) is 5.38. The highest BCUT2D eigenvalue weighted by Gasteiger charge is 2.46. The van der Waals surface area contributed by atoms with Crippen LogP contribution in [0.1, 0.15) is 44.8 Å². The van der Waals surface area contributed by atoms with Gasteiger partial charge >= 0.3 is 0 Å². The van der Waals surface area contributed by atoms with Crippen LogP contribution in [-0.4, -0.2) is 37.7 Å². The lowest BCUT2D eigenvalue weighted by molar-refractivity contribution is 0.00933. The van der Waals surface area contributed by atoms with Crippen LogP contribution in [0.2, 0.25) is 0 Å². The maximum atomic E-state index is 11.5. The lowest BCUT2D eigenvalue weighted by atomic mass is 9.91. The standard InChI is InChI=1S/C17H24O5S/c1-16(2)9-12(18)15-13(5-4-6-14(15)22-16)21-10-17(7-8-17)11-23(3,19)20/h4-6,12,18H,7-11H2,1-3H3. The Hall–Kier alpha value is -1.27. The van der Waals surface area contributed by atoms with E-state index in [9.17, 15) is 13.5 Å². The third-order valence-electron chi connectivity index (χ3n) is 4.49. The van der Waals surface area contributed by atoms with Gasteiger partial charge in [0, 0.05) is 18.1 Å². The van der Waals surface area contributed by atoms with Crippen molar-refractivity contribution in [2.75, 3.05) is 18.6 Å². The van der Waals surface area contributed by atoms with Gasteiger partial charge in [0.25, 0.3) is 0 Å². The molecule has 1 heterocycles. The molecule has 3 rings (SSSR count). The number of hydrogen-bond donors (Lipinski definition) is 1. The summed E-state index contributed by atoms with van der Waals surface area (Å²) in [4.78, 5) is 0. The highest BCUT2D eigenvalue weighted by Crippen LogP contribution is 2.49. The molecule has 0 saturated heterocycles. The maximum absolute atomic E-state index is 11.5. The molecular weight excluding hydrogens is 316 g/mol. The van der Waals surface area contributed by atoms with Gasteiger partial charge in [0.2, 0.25) is 0 Å². The van der Waals surface area contributed by atoms with Gasteiger partial charge in [-0.05, 0) is 38.8 Å². The van der Waals surface area contributed by atoms with Crippen LogP contribution < -0.4 is 9.47 Å². The smallest absolute Gasteiger partial charge is 0.148 e. The van der Waals surface area contributed by atoms with Gasteiger partial charge in [-0.2, -0.15) is 0 Å². The zero-order valence-corrected chi connectivity index (χ0v) is 14.6. The van der Waals surface area contributed by atoms with E-state index >= 15 is 0 Å². The fourth-order valence-corrected chi connectivity index (χ4v) is 4.75. The predicted molar refractivity (Wildman–Crippen MR) is 87.6 cm³/mol. The lowest BCUT2D eigenvalue weighted by Crippen LogP contribution is -2.35. The van der Waals surface area contributed by atoms with E-state index in [0.29, 0.717) is 30.1 Å². The number of benzene rings is 1. The summed E-state index contributed by atoms with van der Waals surface area (Å²) in [6.45, 7) is 4.24. The van der Waals surface area contributed by atoms with Crippen molar-refractivity contribution in [3.8, 4) is 11.5 Å². The van der Waals surface area contributed by atoms with Gasteiger partial charge in [0.05, 0.1) is 24.0 Å². The molecule has 23 heavy (non-hydrogen) atoms. The first-order valence-electron chi connectivity index (χ1n) is 7.90. The Bertz CT molecular complexity index is 704. The summed E-state index contributed by atoms with van der Waals surface area (Å²) >= 11 is 0. The monoisotopic (exact) mass is 340 g/mol. The van der Waals surface area contributed by atoms with Gasteiger partial charge in [-0.1, -0.05) is 6.07 Å². The summed E-state index contributed by atoms with van der Waals surface area (Å²) in [7, 11) is -3.02. The number of aliphatic hydroxyl groups is 1. The van der Waals surface area contributed by atoms with Crippen molar-refractivity contribution >= 4 is 9.84 Å². The van der Waals surface area contributed by atoms with E-state index in [1.165, 1.54) is 6.26 Å². The molecule has 1 saturated carbocycles. The van der Waals surface area contributed by atoms with Crippen LogP contribution in [-0.2, 0) is 9.84 Å². The molecule has 1 atom stereocenters. The van der Waals surface area contributed by atoms with Crippen molar-refractivity contribution < 1.29 is 23.0 Å². The van der Waals surface area contributed by atoms with E-state index in [-0.39, 0.29) is 11.2 Å². The number of rotatable bonds is 5. The average Bonchev–Trinajstić information content (AvgIpc) is 3.12. The summed E-state index contributed by atoms with van der Waals surface area (Å²) in [5.74, 6) is 1.38.